The largest absolute Gasteiger partial charge is 0.377 e. The van der Waals surface area contributed by atoms with Crippen molar-refractivity contribution in [2.45, 2.75) is 31.8 Å². The molecule has 1 aromatic carbocycles. The molecule has 0 amide bonds. The molecule has 3 heterocycles. The monoisotopic (exact) mass is 339 g/mol. The zero-order chi connectivity index (χ0) is 17.2. The molecule has 2 aromatic rings. The fraction of sp³-hybridized carbons (Fsp3) is 0.450. The van der Waals surface area contributed by atoms with E-state index in [1.54, 1.807) is 6.07 Å². The molecule has 0 radical (unpaired) electrons. The van der Waals surface area contributed by atoms with Crippen LogP contribution >= 0.6 is 0 Å². The van der Waals surface area contributed by atoms with E-state index in [2.05, 4.69) is 52.0 Å². The quantitative estimate of drug-likeness (QED) is 0.934. The van der Waals surface area contributed by atoms with E-state index in [4.69, 9.17) is 4.74 Å². The second-order valence-electron chi connectivity index (χ2n) is 6.97. The molecule has 0 spiro atoms. The average Bonchev–Trinajstić information content (AvgIpc) is 3.12. The van der Waals surface area contributed by atoms with Crippen molar-refractivity contribution >= 4 is 11.5 Å². The van der Waals surface area contributed by atoms with Crippen LogP contribution in [0.3, 0.4) is 0 Å². The molecule has 1 N–H and O–H groups in total. The van der Waals surface area contributed by atoms with Crippen LogP contribution < -0.4 is 15.4 Å². The summed E-state index contributed by atoms with van der Waals surface area (Å²) in [6, 6.07) is 15.0. The van der Waals surface area contributed by atoms with Gasteiger partial charge in [-0.3, -0.25) is 4.79 Å². The van der Waals surface area contributed by atoms with Gasteiger partial charge in [0, 0.05) is 37.0 Å². The first-order valence-corrected chi connectivity index (χ1v) is 9.13. The number of hydrogen-bond donors (Lipinski definition) is 1. The van der Waals surface area contributed by atoms with E-state index < -0.39 is 0 Å². The normalized spacial score (nSPS) is 23.9. The van der Waals surface area contributed by atoms with Crippen LogP contribution in [0.4, 0.5) is 11.5 Å². The summed E-state index contributed by atoms with van der Waals surface area (Å²) < 4.78 is 5.53. The van der Waals surface area contributed by atoms with E-state index in [1.807, 2.05) is 6.07 Å². The predicted molar refractivity (Wildman–Crippen MR) is 100 cm³/mol. The number of pyridine rings is 1. The molecule has 0 bridgehead atoms. The fourth-order valence-electron chi connectivity index (χ4n) is 4.02. The van der Waals surface area contributed by atoms with Crippen LogP contribution in [-0.4, -0.2) is 37.3 Å². The van der Waals surface area contributed by atoms with Crippen LogP contribution in [0.1, 0.15) is 31.4 Å². The van der Waals surface area contributed by atoms with Gasteiger partial charge in [0.15, 0.2) is 0 Å². The number of nitrogens with one attached hydrogen (secondary N) is 1. The molecule has 1 aromatic heterocycles. The molecule has 0 aliphatic carbocycles. The van der Waals surface area contributed by atoms with Gasteiger partial charge in [0.05, 0.1) is 19.3 Å². The SMILES string of the molecule is CC1COCCN1c1cc(N2CCCC2c2ccccc2)[nH]c(=O)c1. The third kappa shape index (κ3) is 3.29. The van der Waals surface area contributed by atoms with E-state index in [1.165, 1.54) is 5.56 Å². The summed E-state index contributed by atoms with van der Waals surface area (Å²) in [5.74, 6) is 0.924. The summed E-state index contributed by atoms with van der Waals surface area (Å²) in [5, 5.41) is 0. The fourth-order valence-corrected chi connectivity index (χ4v) is 4.02. The average molecular weight is 339 g/mol. The number of hydrogen-bond acceptors (Lipinski definition) is 4. The topological polar surface area (TPSA) is 48.6 Å². The molecular formula is C20H25N3O2. The number of anilines is 2. The van der Waals surface area contributed by atoms with Crippen molar-refractivity contribution in [3.05, 3.63) is 58.4 Å². The van der Waals surface area contributed by atoms with E-state index >= 15 is 0 Å². The Morgan fingerprint density at radius 3 is 2.76 bits per heavy atom. The summed E-state index contributed by atoms with van der Waals surface area (Å²) in [6.07, 6.45) is 2.25. The number of aromatic amines is 1. The Balaban J connectivity index is 1.67. The van der Waals surface area contributed by atoms with Crippen LogP contribution in [0.15, 0.2) is 47.3 Å². The second kappa shape index (κ2) is 6.92. The molecule has 2 fully saturated rings. The number of morpholine rings is 1. The standard InChI is InChI=1S/C20H25N3O2/c1-15-14-25-11-10-22(15)17-12-19(21-20(24)13-17)23-9-5-8-18(23)16-6-3-2-4-7-16/h2-4,6-7,12-13,15,18H,5,8-11,14H2,1H3,(H,21,24). The molecule has 2 aliphatic heterocycles. The molecule has 5 nitrogen and oxygen atoms in total. The minimum Gasteiger partial charge on any atom is -0.377 e. The van der Waals surface area contributed by atoms with Gasteiger partial charge in [-0.25, -0.2) is 0 Å². The molecule has 2 aliphatic rings. The minimum absolute atomic E-state index is 0.0371. The smallest absolute Gasteiger partial charge is 0.251 e. The highest BCUT2D eigenvalue weighted by molar-refractivity contribution is 5.57. The zero-order valence-electron chi connectivity index (χ0n) is 14.6. The van der Waals surface area contributed by atoms with Crippen LogP contribution in [0.2, 0.25) is 0 Å². The summed E-state index contributed by atoms with van der Waals surface area (Å²) in [5.41, 5.74) is 2.27. The van der Waals surface area contributed by atoms with E-state index in [0.29, 0.717) is 19.3 Å². The predicted octanol–water partition coefficient (Wildman–Crippen LogP) is 2.94. The van der Waals surface area contributed by atoms with Crippen molar-refractivity contribution in [1.82, 2.24) is 4.98 Å². The highest BCUT2D eigenvalue weighted by Gasteiger charge is 2.28. The molecule has 25 heavy (non-hydrogen) atoms. The van der Waals surface area contributed by atoms with Crippen molar-refractivity contribution in [2.24, 2.45) is 0 Å². The maximum atomic E-state index is 12.3. The van der Waals surface area contributed by atoms with Crippen LogP contribution in [0.5, 0.6) is 0 Å². The van der Waals surface area contributed by atoms with Gasteiger partial charge in [0.25, 0.3) is 5.56 Å². The van der Waals surface area contributed by atoms with Gasteiger partial charge >= 0.3 is 0 Å². The van der Waals surface area contributed by atoms with Crippen molar-refractivity contribution in [2.75, 3.05) is 36.1 Å². The molecule has 5 heteroatoms. The van der Waals surface area contributed by atoms with Gasteiger partial charge in [-0.1, -0.05) is 30.3 Å². The van der Waals surface area contributed by atoms with Crippen molar-refractivity contribution < 1.29 is 4.74 Å². The Bertz CT molecular complexity index is 774. The Labute approximate surface area is 148 Å². The second-order valence-corrected chi connectivity index (χ2v) is 6.97. The van der Waals surface area contributed by atoms with E-state index in [-0.39, 0.29) is 11.6 Å². The number of H-pyrrole nitrogens is 1. The zero-order valence-corrected chi connectivity index (χ0v) is 14.6. The lowest BCUT2D eigenvalue weighted by Gasteiger charge is -2.36. The first-order valence-electron chi connectivity index (χ1n) is 9.13. The van der Waals surface area contributed by atoms with E-state index in [0.717, 1.165) is 37.4 Å². The Morgan fingerprint density at radius 2 is 1.96 bits per heavy atom. The number of rotatable bonds is 3. The Hall–Kier alpha value is -2.27. The van der Waals surface area contributed by atoms with Gasteiger partial charge in [-0.2, -0.15) is 0 Å². The summed E-state index contributed by atoms with van der Waals surface area (Å²) in [7, 11) is 0. The molecule has 132 valence electrons. The van der Waals surface area contributed by atoms with Crippen molar-refractivity contribution in [3.8, 4) is 0 Å². The van der Waals surface area contributed by atoms with Gasteiger partial charge in [0.1, 0.15) is 5.82 Å². The lowest BCUT2D eigenvalue weighted by Crippen LogP contribution is -2.44. The number of benzene rings is 1. The lowest BCUT2D eigenvalue weighted by molar-refractivity contribution is 0.0989. The lowest BCUT2D eigenvalue weighted by atomic mass is 10.0. The highest BCUT2D eigenvalue weighted by Crippen LogP contribution is 2.36. The summed E-state index contributed by atoms with van der Waals surface area (Å²) in [6.45, 7) is 5.35. The van der Waals surface area contributed by atoms with Crippen LogP contribution in [0.25, 0.3) is 0 Å². The summed E-state index contributed by atoms with van der Waals surface area (Å²) in [4.78, 5) is 20.0. The maximum Gasteiger partial charge on any atom is 0.251 e. The summed E-state index contributed by atoms with van der Waals surface area (Å²) >= 11 is 0. The van der Waals surface area contributed by atoms with E-state index in [9.17, 15) is 4.79 Å². The van der Waals surface area contributed by atoms with Crippen molar-refractivity contribution in [3.63, 3.8) is 0 Å². The van der Waals surface area contributed by atoms with Crippen molar-refractivity contribution in [1.29, 1.82) is 0 Å². The molecule has 2 atom stereocenters. The third-order valence-electron chi connectivity index (χ3n) is 5.26. The van der Waals surface area contributed by atoms with Gasteiger partial charge in [-0.15, -0.1) is 0 Å². The molecule has 2 unspecified atom stereocenters. The Kier molecular flexibility index (Phi) is 4.49. The Morgan fingerprint density at radius 1 is 1.12 bits per heavy atom. The minimum atomic E-state index is -0.0371. The van der Waals surface area contributed by atoms with Crippen LogP contribution in [-0.2, 0) is 4.74 Å². The number of ether oxygens (including phenoxy) is 1. The third-order valence-corrected chi connectivity index (χ3v) is 5.26. The first-order chi connectivity index (χ1) is 12.2. The number of aromatic nitrogens is 1. The van der Waals surface area contributed by atoms with Gasteiger partial charge in [-0.05, 0) is 25.3 Å². The van der Waals surface area contributed by atoms with Gasteiger partial charge < -0.3 is 19.5 Å². The number of nitrogens with zero attached hydrogens (tertiary/aromatic N) is 2. The first kappa shape index (κ1) is 16.2. The molecule has 4 rings (SSSR count). The molecule has 0 saturated carbocycles. The van der Waals surface area contributed by atoms with Crippen LogP contribution in [0, 0.1) is 0 Å². The molecular weight excluding hydrogens is 314 g/mol. The van der Waals surface area contributed by atoms with Gasteiger partial charge in [0.2, 0.25) is 0 Å². The maximum absolute atomic E-state index is 12.3. The highest BCUT2D eigenvalue weighted by atomic mass is 16.5. The molecule has 2 saturated heterocycles.